The zero-order chi connectivity index (χ0) is 18.2. The van der Waals surface area contributed by atoms with Crippen molar-refractivity contribution < 1.29 is 9.47 Å². The molecule has 0 aromatic heterocycles. The summed E-state index contributed by atoms with van der Waals surface area (Å²) in [7, 11) is 1.62. The van der Waals surface area contributed by atoms with E-state index in [-0.39, 0.29) is 0 Å². The second-order valence-electron chi connectivity index (χ2n) is 5.74. The van der Waals surface area contributed by atoms with Crippen molar-refractivity contribution in [3.05, 3.63) is 95.6 Å². The van der Waals surface area contributed by atoms with E-state index in [1.165, 1.54) is 0 Å². The topological polar surface area (TPSA) is 42.2 Å². The Hall–Kier alpha value is -3.51. The summed E-state index contributed by atoms with van der Waals surface area (Å²) in [5.41, 5.74) is 3.54. The molecule has 0 atom stereocenters. The number of methoxy groups -OCH3 is 1. The average molecular weight is 341 g/mol. The molecule has 0 aliphatic carbocycles. The summed E-state index contributed by atoms with van der Waals surface area (Å²) in [5, 5.41) is 9.46. The van der Waals surface area contributed by atoms with Gasteiger partial charge in [-0.3, -0.25) is 0 Å². The SMILES string of the molecule is COc1ccc(C(C#N)=Cc2ccc(OCc3ccccc3)cc2)cc1. The lowest BCUT2D eigenvalue weighted by atomic mass is 10.0. The summed E-state index contributed by atoms with van der Waals surface area (Å²) in [5.74, 6) is 1.57. The monoisotopic (exact) mass is 341 g/mol. The molecule has 3 aromatic rings. The maximum atomic E-state index is 9.46. The van der Waals surface area contributed by atoms with Crippen LogP contribution in [-0.2, 0) is 6.61 Å². The van der Waals surface area contributed by atoms with Gasteiger partial charge in [-0.1, -0.05) is 42.5 Å². The van der Waals surface area contributed by atoms with Crippen molar-refractivity contribution in [1.82, 2.24) is 0 Å². The molecule has 0 fully saturated rings. The summed E-state index contributed by atoms with van der Waals surface area (Å²) in [6.45, 7) is 0.533. The maximum Gasteiger partial charge on any atom is 0.119 e. The lowest BCUT2D eigenvalue weighted by Gasteiger charge is -2.07. The van der Waals surface area contributed by atoms with Gasteiger partial charge in [0.25, 0.3) is 0 Å². The van der Waals surface area contributed by atoms with Crippen LogP contribution in [0.15, 0.2) is 78.9 Å². The first kappa shape index (κ1) is 17.3. The van der Waals surface area contributed by atoms with Gasteiger partial charge in [0.1, 0.15) is 18.1 Å². The fourth-order valence-corrected chi connectivity index (χ4v) is 2.52. The molecule has 0 N–H and O–H groups in total. The molecule has 3 nitrogen and oxygen atoms in total. The molecule has 26 heavy (non-hydrogen) atoms. The molecule has 0 unspecified atom stereocenters. The summed E-state index contributed by atoms with van der Waals surface area (Å²) >= 11 is 0. The van der Waals surface area contributed by atoms with Crippen molar-refractivity contribution in [2.75, 3.05) is 7.11 Å². The Morgan fingerprint density at radius 2 is 1.54 bits per heavy atom. The molecule has 0 heterocycles. The fourth-order valence-electron chi connectivity index (χ4n) is 2.52. The highest BCUT2D eigenvalue weighted by atomic mass is 16.5. The number of benzene rings is 3. The smallest absolute Gasteiger partial charge is 0.119 e. The van der Waals surface area contributed by atoms with Crippen LogP contribution in [0.5, 0.6) is 11.5 Å². The van der Waals surface area contributed by atoms with E-state index < -0.39 is 0 Å². The van der Waals surface area contributed by atoms with E-state index in [1.807, 2.05) is 84.9 Å². The van der Waals surface area contributed by atoms with Gasteiger partial charge < -0.3 is 9.47 Å². The van der Waals surface area contributed by atoms with Crippen molar-refractivity contribution in [2.45, 2.75) is 6.61 Å². The Morgan fingerprint density at radius 1 is 0.885 bits per heavy atom. The number of nitriles is 1. The van der Waals surface area contributed by atoms with Gasteiger partial charge in [0.05, 0.1) is 18.8 Å². The summed E-state index contributed by atoms with van der Waals surface area (Å²) in [6.07, 6.45) is 1.86. The van der Waals surface area contributed by atoms with E-state index in [9.17, 15) is 5.26 Å². The lowest BCUT2D eigenvalue weighted by molar-refractivity contribution is 0.306. The first-order valence-electron chi connectivity index (χ1n) is 8.31. The van der Waals surface area contributed by atoms with Crippen LogP contribution in [0.4, 0.5) is 0 Å². The van der Waals surface area contributed by atoms with Gasteiger partial charge in [-0.25, -0.2) is 0 Å². The van der Waals surface area contributed by atoms with Crippen LogP contribution in [0.25, 0.3) is 11.6 Å². The van der Waals surface area contributed by atoms with Gasteiger partial charge in [0.2, 0.25) is 0 Å². The predicted molar refractivity (Wildman–Crippen MR) is 104 cm³/mol. The molecule has 0 saturated heterocycles. The number of nitrogens with zero attached hydrogens (tertiary/aromatic N) is 1. The highest BCUT2D eigenvalue weighted by Crippen LogP contribution is 2.22. The van der Waals surface area contributed by atoms with Gasteiger partial charge >= 0.3 is 0 Å². The average Bonchev–Trinajstić information content (AvgIpc) is 2.72. The third-order valence-electron chi connectivity index (χ3n) is 3.96. The molecule has 3 rings (SSSR count). The van der Waals surface area contributed by atoms with Gasteiger partial charge in [0.15, 0.2) is 0 Å². The molecule has 0 saturated carbocycles. The molecule has 128 valence electrons. The molecular formula is C23H19NO2. The normalized spacial score (nSPS) is 10.8. The minimum atomic E-state index is 0.533. The van der Waals surface area contributed by atoms with Crippen molar-refractivity contribution in [3.8, 4) is 17.6 Å². The number of hydrogen-bond donors (Lipinski definition) is 0. The second kappa shape index (κ2) is 8.55. The van der Waals surface area contributed by atoms with Crippen LogP contribution in [-0.4, -0.2) is 7.11 Å². The number of allylic oxidation sites excluding steroid dienone is 1. The van der Waals surface area contributed by atoms with Crippen molar-refractivity contribution >= 4 is 11.6 Å². The maximum absolute atomic E-state index is 9.46. The minimum Gasteiger partial charge on any atom is -0.497 e. The first-order chi connectivity index (χ1) is 12.8. The number of rotatable bonds is 6. The molecule has 3 heteroatoms. The van der Waals surface area contributed by atoms with Gasteiger partial charge in [-0.05, 0) is 59.2 Å². The molecular weight excluding hydrogens is 322 g/mol. The van der Waals surface area contributed by atoms with Crippen LogP contribution < -0.4 is 9.47 Å². The van der Waals surface area contributed by atoms with E-state index >= 15 is 0 Å². The number of ether oxygens (including phenoxy) is 2. The largest absolute Gasteiger partial charge is 0.497 e. The molecule has 0 radical (unpaired) electrons. The Balaban J connectivity index is 1.70. The van der Waals surface area contributed by atoms with Crippen LogP contribution in [0.3, 0.4) is 0 Å². The van der Waals surface area contributed by atoms with E-state index in [4.69, 9.17) is 9.47 Å². The van der Waals surface area contributed by atoms with Gasteiger partial charge in [0, 0.05) is 0 Å². The lowest BCUT2D eigenvalue weighted by Crippen LogP contribution is -1.94. The molecule has 0 amide bonds. The van der Waals surface area contributed by atoms with Crippen molar-refractivity contribution in [1.29, 1.82) is 5.26 Å². The highest BCUT2D eigenvalue weighted by Gasteiger charge is 2.02. The molecule has 0 bridgehead atoms. The summed E-state index contributed by atoms with van der Waals surface area (Å²) < 4.78 is 10.9. The van der Waals surface area contributed by atoms with E-state index in [2.05, 4.69) is 6.07 Å². The molecule has 0 aliphatic rings. The zero-order valence-electron chi connectivity index (χ0n) is 14.6. The van der Waals surface area contributed by atoms with E-state index in [0.717, 1.165) is 28.2 Å². The number of hydrogen-bond acceptors (Lipinski definition) is 3. The quantitative estimate of drug-likeness (QED) is 0.449. The molecule has 0 aliphatic heterocycles. The molecule has 3 aromatic carbocycles. The van der Waals surface area contributed by atoms with Gasteiger partial charge in [-0.2, -0.15) is 5.26 Å². The van der Waals surface area contributed by atoms with E-state index in [0.29, 0.717) is 12.2 Å². The highest BCUT2D eigenvalue weighted by molar-refractivity contribution is 5.89. The summed E-state index contributed by atoms with van der Waals surface area (Å²) in [4.78, 5) is 0. The minimum absolute atomic E-state index is 0.533. The Labute approximate surface area is 153 Å². The zero-order valence-corrected chi connectivity index (χ0v) is 14.6. The van der Waals surface area contributed by atoms with Crippen LogP contribution >= 0.6 is 0 Å². The molecule has 0 spiro atoms. The fraction of sp³-hybridized carbons (Fsp3) is 0.0870. The van der Waals surface area contributed by atoms with Gasteiger partial charge in [-0.15, -0.1) is 0 Å². The first-order valence-corrected chi connectivity index (χ1v) is 8.31. The third-order valence-corrected chi connectivity index (χ3v) is 3.96. The Kier molecular flexibility index (Phi) is 5.69. The third kappa shape index (κ3) is 4.52. The predicted octanol–water partition coefficient (Wildman–Crippen LogP) is 5.34. The van der Waals surface area contributed by atoms with Crippen LogP contribution in [0, 0.1) is 11.3 Å². The van der Waals surface area contributed by atoms with Crippen LogP contribution in [0.1, 0.15) is 16.7 Å². The standard InChI is InChI=1S/C23H19NO2/c1-25-22-13-9-20(10-14-22)21(16-24)15-18-7-11-23(12-8-18)26-17-19-5-3-2-4-6-19/h2-15H,17H2,1H3. The second-order valence-corrected chi connectivity index (χ2v) is 5.74. The Bertz CT molecular complexity index is 905. The van der Waals surface area contributed by atoms with Crippen molar-refractivity contribution in [3.63, 3.8) is 0 Å². The van der Waals surface area contributed by atoms with Crippen molar-refractivity contribution in [2.24, 2.45) is 0 Å². The van der Waals surface area contributed by atoms with Crippen LogP contribution in [0.2, 0.25) is 0 Å². The summed E-state index contributed by atoms with van der Waals surface area (Å²) in [6, 6.07) is 27.5. The van der Waals surface area contributed by atoms with E-state index in [1.54, 1.807) is 7.11 Å². The Morgan fingerprint density at radius 3 is 2.15 bits per heavy atom.